The molecule has 1 fully saturated rings. The highest BCUT2D eigenvalue weighted by molar-refractivity contribution is 7.09. The molecule has 0 unspecified atom stereocenters. The highest BCUT2D eigenvalue weighted by Gasteiger charge is 2.31. The van der Waals surface area contributed by atoms with Gasteiger partial charge in [0.2, 0.25) is 0 Å². The Hall–Kier alpha value is -1.43. The van der Waals surface area contributed by atoms with Crippen molar-refractivity contribution in [3.05, 3.63) is 52.0 Å². The van der Waals surface area contributed by atoms with Crippen molar-refractivity contribution in [3.63, 3.8) is 0 Å². The first-order valence-electron chi connectivity index (χ1n) is 6.76. The average molecular weight is 324 g/mol. The standard InChI is InChI=1S/C15H17N3OS.ClH/c16-8-14-18-13(9-20-14)15(19)17-12-6-11(7-12)10-4-2-1-3-5-10;/h1-5,9,11-12H,6-8,16H2,(H,17,19);1H. The van der Waals surface area contributed by atoms with Gasteiger partial charge in [0.25, 0.3) is 5.91 Å². The van der Waals surface area contributed by atoms with E-state index < -0.39 is 0 Å². The van der Waals surface area contributed by atoms with E-state index in [2.05, 4.69) is 34.6 Å². The average Bonchev–Trinajstić information content (AvgIpc) is 2.92. The molecule has 1 aliphatic rings. The number of nitrogens with zero attached hydrogens (tertiary/aromatic N) is 1. The molecular weight excluding hydrogens is 306 g/mol. The molecule has 0 bridgehead atoms. The van der Waals surface area contributed by atoms with E-state index in [1.54, 1.807) is 5.38 Å². The number of aromatic nitrogens is 1. The predicted molar refractivity (Wildman–Crippen MR) is 86.9 cm³/mol. The van der Waals surface area contributed by atoms with Crippen molar-refractivity contribution in [2.24, 2.45) is 5.73 Å². The first-order chi connectivity index (χ1) is 9.76. The van der Waals surface area contributed by atoms with Gasteiger partial charge in [-0.25, -0.2) is 4.98 Å². The molecule has 1 amide bonds. The first kappa shape index (κ1) is 15.9. The maximum Gasteiger partial charge on any atom is 0.270 e. The summed E-state index contributed by atoms with van der Waals surface area (Å²) in [6, 6.07) is 10.7. The molecule has 21 heavy (non-hydrogen) atoms. The number of carbonyl (C=O) groups excluding carboxylic acids is 1. The van der Waals surface area contributed by atoms with Gasteiger partial charge >= 0.3 is 0 Å². The van der Waals surface area contributed by atoms with Crippen molar-refractivity contribution in [2.75, 3.05) is 0 Å². The lowest BCUT2D eigenvalue weighted by Crippen LogP contribution is -2.43. The Labute approximate surface area is 134 Å². The number of halogens is 1. The third-order valence-corrected chi connectivity index (χ3v) is 4.57. The van der Waals surface area contributed by atoms with Gasteiger partial charge in [-0.15, -0.1) is 23.7 Å². The van der Waals surface area contributed by atoms with Crippen molar-refractivity contribution in [1.82, 2.24) is 10.3 Å². The van der Waals surface area contributed by atoms with Crippen molar-refractivity contribution >= 4 is 29.7 Å². The summed E-state index contributed by atoms with van der Waals surface area (Å²) in [6.45, 7) is 0.386. The normalized spacial score (nSPS) is 20.2. The van der Waals surface area contributed by atoms with Crippen LogP contribution in [-0.2, 0) is 6.54 Å². The molecule has 4 nitrogen and oxygen atoms in total. The zero-order chi connectivity index (χ0) is 13.9. The molecule has 0 saturated heterocycles. The predicted octanol–water partition coefficient (Wildman–Crippen LogP) is 2.70. The highest BCUT2D eigenvalue weighted by atomic mass is 35.5. The first-order valence-corrected chi connectivity index (χ1v) is 7.64. The Morgan fingerprint density at radius 2 is 2.05 bits per heavy atom. The minimum absolute atomic E-state index is 0. The lowest BCUT2D eigenvalue weighted by atomic mass is 9.76. The summed E-state index contributed by atoms with van der Waals surface area (Å²) in [5.74, 6) is 0.481. The summed E-state index contributed by atoms with van der Waals surface area (Å²) in [5, 5.41) is 5.60. The van der Waals surface area contributed by atoms with Crippen LogP contribution in [0.5, 0.6) is 0 Å². The molecule has 3 rings (SSSR count). The lowest BCUT2D eigenvalue weighted by Gasteiger charge is -2.36. The molecule has 3 N–H and O–H groups in total. The van der Waals surface area contributed by atoms with E-state index in [0.29, 0.717) is 18.2 Å². The second-order valence-electron chi connectivity index (χ2n) is 5.08. The van der Waals surface area contributed by atoms with E-state index in [9.17, 15) is 4.79 Å². The number of amides is 1. The van der Waals surface area contributed by atoms with Gasteiger partial charge in [0.1, 0.15) is 10.7 Å². The van der Waals surface area contributed by atoms with Gasteiger partial charge in [0, 0.05) is 18.0 Å². The largest absolute Gasteiger partial charge is 0.348 e. The molecule has 2 aromatic rings. The Bertz CT molecular complexity index is 596. The third-order valence-electron chi connectivity index (χ3n) is 3.70. The summed E-state index contributed by atoms with van der Waals surface area (Å²) in [4.78, 5) is 16.2. The molecule has 1 aromatic carbocycles. The van der Waals surface area contributed by atoms with Gasteiger partial charge in [-0.2, -0.15) is 0 Å². The van der Waals surface area contributed by atoms with Crippen molar-refractivity contribution in [1.29, 1.82) is 0 Å². The fourth-order valence-electron chi connectivity index (χ4n) is 2.50. The van der Waals surface area contributed by atoms with Gasteiger partial charge in [0.15, 0.2) is 0 Å². The van der Waals surface area contributed by atoms with Crippen LogP contribution in [0.2, 0.25) is 0 Å². The van der Waals surface area contributed by atoms with Crippen LogP contribution < -0.4 is 11.1 Å². The van der Waals surface area contributed by atoms with Gasteiger partial charge < -0.3 is 11.1 Å². The number of hydrogen-bond donors (Lipinski definition) is 2. The fraction of sp³-hybridized carbons (Fsp3) is 0.333. The van der Waals surface area contributed by atoms with Crippen LogP contribution in [0, 0.1) is 0 Å². The monoisotopic (exact) mass is 323 g/mol. The summed E-state index contributed by atoms with van der Waals surface area (Å²) in [5.41, 5.74) is 7.34. The number of thiazole rings is 1. The van der Waals surface area contributed by atoms with Gasteiger partial charge in [0.05, 0.1) is 0 Å². The van der Waals surface area contributed by atoms with E-state index in [1.807, 2.05) is 6.07 Å². The Morgan fingerprint density at radius 3 is 2.67 bits per heavy atom. The second kappa shape index (κ2) is 7.02. The molecular formula is C15H18ClN3OS. The molecule has 6 heteroatoms. The topological polar surface area (TPSA) is 68.0 Å². The minimum atomic E-state index is -0.0857. The molecule has 0 radical (unpaired) electrons. The molecule has 0 spiro atoms. The summed E-state index contributed by atoms with van der Waals surface area (Å²) in [6.07, 6.45) is 2.01. The van der Waals surface area contributed by atoms with E-state index >= 15 is 0 Å². The summed E-state index contributed by atoms with van der Waals surface area (Å²) < 4.78 is 0. The molecule has 1 heterocycles. The van der Waals surface area contributed by atoms with Crippen molar-refractivity contribution < 1.29 is 4.79 Å². The number of rotatable bonds is 4. The molecule has 0 aliphatic heterocycles. The molecule has 1 aliphatic carbocycles. The van der Waals surface area contributed by atoms with Crippen LogP contribution in [-0.4, -0.2) is 16.9 Å². The third kappa shape index (κ3) is 3.61. The Morgan fingerprint density at radius 1 is 1.33 bits per heavy atom. The number of hydrogen-bond acceptors (Lipinski definition) is 4. The van der Waals surface area contributed by atoms with Crippen molar-refractivity contribution in [2.45, 2.75) is 31.3 Å². The number of nitrogens with two attached hydrogens (primary N) is 1. The second-order valence-corrected chi connectivity index (χ2v) is 6.02. The maximum atomic E-state index is 12.0. The number of carbonyl (C=O) groups is 1. The summed E-state index contributed by atoms with van der Waals surface area (Å²) in [7, 11) is 0. The van der Waals surface area contributed by atoms with E-state index in [-0.39, 0.29) is 24.4 Å². The minimum Gasteiger partial charge on any atom is -0.348 e. The smallest absolute Gasteiger partial charge is 0.270 e. The van der Waals surface area contributed by atoms with Gasteiger partial charge in [-0.05, 0) is 24.3 Å². The molecule has 112 valence electrons. The zero-order valence-electron chi connectivity index (χ0n) is 11.5. The van der Waals surface area contributed by atoms with Crippen molar-refractivity contribution in [3.8, 4) is 0 Å². The highest BCUT2D eigenvalue weighted by Crippen LogP contribution is 2.36. The molecule has 1 aromatic heterocycles. The fourth-order valence-corrected chi connectivity index (χ4v) is 3.16. The number of nitrogens with one attached hydrogen (secondary N) is 1. The van der Waals surface area contributed by atoms with E-state index in [0.717, 1.165) is 17.8 Å². The van der Waals surface area contributed by atoms with E-state index in [4.69, 9.17) is 5.73 Å². The van der Waals surface area contributed by atoms with E-state index in [1.165, 1.54) is 16.9 Å². The molecule has 1 saturated carbocycles. The SMILES string of the molecule is Cl.NCc1nc(C(=O)NC2CC(c3ccccc3)C2)cs1. The zero-order valence-corrected chi connectivity index (χ0v) is 13.1. The van der Waals surface area contributed by atoms with Crippen LogP contribution in [0.25, 0.3) is 0 Å². The maximum absolute atomic E-state index is 12.0. The molecule has 0 atom stereocenters. The van der Waals surface area contributed by atoms with Gasteiger partial charge in [-0.1, -0.05) is 30.3 Å². The summed E-state index contributed by atoms with van der Waals surface area (Å²) >= 11 is 1.43. The Kier molecular flexibility index (Phi) is 5.33. The lowest BCUT2D eigenvalue weighted by molar-refractivity contribution is 0.0904. The Balaban J connectivity index is 0.00000161. The van der Waals surface area contributed by atoms with Gasteiger partial charge in [-0.3, -0.25) is 4.79 Å². The van der Waals surface area contributed by atoms with Crippen LogP contribution >= 0.6 is 23.7 Å². The van der Waals surface area contributed by atoms with Crippen LogP contribution in [0.3, 0.4) is 0 Å². The van der Waals surface area contributed by atoms with Crippen LogP contribution in [0.4, 0.5) is 0 Å². The van der Waals surface area contributed by atoms with Crippen LogP contribution in [0.15, 0.2) is 35.7 Å². The quantitative estimate of drug-likeness (QED) is 0.909. The van der Waals surface area contributed by atoms with Crippen LogP contribution in [0.1, 0.15) is 39.8 Å². The number of benzene rings is 1.